The fourth-order valence-corrected chi connectivity index (χ4v) is 2.28. The van der Waals surface area contributed by atoms with Gasteiger partial charge >= 0.3 is 5.97 Å². The van der Waals surface area contributed by atoms with Crippen molar-refractivity contribution in [2.75, 3.05) is 0 Å². The predicted octanol–water partition coefficient (Wildman–Crippen LogP) is 2.56. The fourth-order valence-electron chi connectivity index (χ4n) is 2.28. The first kappa shape index (κ1) is 12.1. The lowest BCUT2D eigenvalue weighted by Gasteiger charge is -2.24. The molecule has 1 aliphatic carbocycles. The van der Waals surface area contributed by atoms with Crippen LogP contribution in [0, 0.1) is 0 Å². The third kappa shape index (κ3) is 2.67. The second-order valence-corrected chi connectivity index (χ2v) is 4.82. The Balaban J connectivity index is 1.99. The van der Waals surface area contributed by atoms with Crippen molar-refractivity contribution in [1.29, 1.82) is 0 Å². The van der Waals surface area contributed by atoms with Crippen molar-refractivity contribution in [3.05, 3.63) is 35.9 Å². The van der Waals surface area contributed by atoms with Crippen LogP contribution < -0.4 is 5.73 Å². The second-order valence-electron chi connectivity index (χ2n) is 4.82. The molecule has 0 aliphatic heterocycles. The van der Waals surface area contributed by atoms with Crippen LogP contribution >= 0.6 is 0 Å². The van der Waals surface area contributed by atoms with Gasteiger partial charge in [0.05, 0.1) is 0 Å². The molecule has 0 saturated heterocycles. The minimum absolute atomic E-state index is 0.232. The first-order valence-corrected chi connectivity index (χ1v) is 6.17. The lowest BCUT2D eigenvalue weighted by molar-refractivity contribution is -0.155. The topological polar surface area (TPSA) is 52.3 Å². The van der Waals surface area contributed by atoms with Crippen LogP contribution in [-0.2, 0) is 9.53 Å². The Morgan fingerprint density at radius 2 is 1.88 bits per heavy atom. The minimum atomic E-state index is -0.747. The Bertz CT molecular complexity index is 382. The smallest absolute Gasteiger partial charge is 0.326 e. The molecule has 2 rings (SSSR count). The van der Waals surface area contributed by atoms with Gasteiger partial charge < -0.3 is 10.5 Å². The molecule has 0 aromatic heterocycles. The maximum atomic E-state index is 12.0. The summed E-state index contributed by atoms with van der Waals surface area (Å²) in [5.41, 5.74) is 6.31. The normalized spacial score (nSPS) is 19.9. The second kappa shape index (κ2) is 4.88. The van der Waals surface area contributed by atoms with Crippen molar-refractivity contribution in [2.45, 2.75) is 44.2 Å². The summed E-state index contributed by atoms with van der Waals surface area (Å²) >= 11 is 0. The number of rotatable bonds is 3. The van der Waals surface area contributed by atoms with Crippen molar-refractivity contribution in [1.82, 2.24) is 0 Å². The van der Waals surface area contributed by atoms with Crippen molar-refractivity contribution < 1.29 is 9.53 Å². The lowest BCUT2D eigenvalue weighted by atomic mass is 9.99. The quantitative estimate of drug-likeness (QED) is 0.816. The lowest BCUT2D eigenvalue weighted by Crippen LogP contribution is -2.46. The van der Waals surface area contributed by atoms with Gasteiger partial charge in [0.2, 0.25) is 0 Å². The van der Waals surface area contributed by atoms with Gasteiger partial charge in [-0.25, -0.2) is 0 Å². The average Bonchev–Trinajstić information content (AvgIpc) is 2.78. The molecule has 1 saturated carbocycles. The number of carbonyl (C=O) groups is 1. The molecule has 0 heterocycles. The van der Waals surface area contributed by atoms with E-state index in [1.807, 2.05) is 37.3 Å². The average molecular weight is 233 g/mol. The number of esters is 1. The highest BCUT2D eigenvalue weighted by Gasteiger charge is 2.39. The molecule has 1 fully saturated rings. The number of benzene rings is 1. The molecular formula is C14H19NO2. The summed E-state index contributed by atoms with van der Waals surface area (Å²) in [7, 11) is 0. The minimum Gasteiger partial charge on any atom is -0.456 e. The van der Waals surface area contributed by atoms with E-state index in [0.717, 1.165) is 31.2 Å². The van der Waals surface area contributed by atoms with E-state index in [-0.39, 0.29) is 12.1 Å². The standard InChI is InChI=1S/C14H19NO2/c1-11(12-7-3-2-4-8-12)17-13(16)14(15)9-5-6-10-14/h2-4,7-8,11H,5-6,9-10,15H2,1H3. The van der Waals surface area contributed by atoms with Crippen LogP contribution in [0.2, 0.25) is 0 Å². The molecule has 0 amide bonds. The number of nitrogens with two attached hydrogens (primary N) is 1. The van der Waals surface area contributed by atoms with Crippen molar-refractivity contribution in [3.63, 3.8) is 0 Å². The van der Waals surface area contributed by atoms with Gasteiger partial charge in [-0.3, -0.25) is 4.79 Å². The van der Waals surface area contributed by atoms with E-state index in [1.165, 1.54) is 0 Å². The highest BCUT2D eigenvalue weighted by molar-refractivity contribution is 5.81. The summed E-state index contributed by atoms with van der Waals surface area (Å²) in [6.45, 7) is 1.88. The molecular weight excluding hydrogens is 214 g/mol. The molecule has 92 valence electrons. The highest BCUT2D eigenvalue weighted by atomic mass is 16.5. The van der Waals surface area contributed by atoms with Gasteiger partial charge in [-0.2, -0.15) is 0 Å². The number of carbonyl (C=O) groups excluding carboxylic acids is 1. The van der Waals surface area contributed by atoms with Crippen molar-refractivity contribution >= 4 is 5.97 Å². The zero-order valence-electron chi connectivity index (χ0n) is 10.2. The maximum absolute atomic E-state index is 12.0. The fraction of sp³-hybridized carbons (Fsp3) is 0.500. The van der Waals surface area contributed by atoms with Gasteiger partial charge in [0, 0.05) is 0 Å². The third-order valence-corrected chi connectivity index (χ3v) is 3.46. The number of ether oxygens (including phenoxy) is 1. The molecule has 0 spiro atoms. The van der Waals surface area contributed by atoms with E-state index in [2.05, 4.69) is 0 Å². The molecule has 3 nitrogen and oxygen atoms in total. The molecule has 2 N–H and O–H groups in total. The van der Waals surface area contributed by atoms with Gasteiger partial charge in [0.25, 0.3) is 0 Å². The van der Waals surface area contributed by atoms with Crippen LogP contribution in [0.15, 0.2) is 30.3 Å². The molecule has 1 unspecified atom stereocenters. The van der Waals surface area contributed by atoms with Crippen LogP contribution in [0.4, 0.5) is 0 Å². The van der Waals surface area contributed by atoms with E-state index in [1.54, 1.807) is 0 Å². The van der Waals surface area contributed by atoms with E-state index in [0.29, 0.717) is 0 Å². The van der Waals surface area contributed by atoms with Gasteiger partial charge in [0.1, 0.15) is 11.6 Å². The molecule has 3 heteroatoms. The Kier molecular flexibility index (Phi) is 3.48. The molecule has 0 radical (unpaired) electrons. The molecule has 1 atom stereocenters. The Morgan fingerprint density at radius 3 is 2.47 bits per heavy atom. The summed E-state index contributed by atoms with van der Waals surface area (Å²) in [6, 6.07) is 9.73. The Hall–Kier alpha value is -1.35. The zero-order chi connectivity index (χ0) is 12.3. The van der Waals surface area contributed by atoms with E-state index in [9.17, 15) is 4.79 Å². The van der Waals surface area contributed by atoms with Gasteiger partial charge in [-0.05, 0) is 25.3 Å². The summed E-state index contributed by atoms with van der Waals surface area (Å²) < 4.78 is 5.46. The molecule has 1 aromatic rings. The molecule has 1 aliphatic rings. The SMILES string of the molecule is CC(OC(=O)C1(N)CCCC1)c1ccccc1. The summed E-state index contributed by atoms with van der Waals surface area (Å²) in [5, 5.41) is 0. The zero-order valence-corrected chi connectivity index (χ0v) is 10.2. The van der Waals surface area contributed by atoms with Crippen molar-refractivity contribution in [2.24, 2.45) is 5.73 Å². The van der Waals surface area contributed by atoms with Crippen LogP contribution in [0.1, 0.15) is 44.3 Å². The third-order valence-electron chi connectivity index (χ3n) is 3.46. The van der Waals surface area contributed by atoms with E-state index < -0.39 is 5.54 Å². The number of hydrogen-bond acceptors (Lipinski definition) is 3. The summed E-state index contributed by atoms with van der Waals surface area (Å²) in [5.74, 6) is -0.258. The first-order chi connectivity index (χ1) is 8.12. The monoisotopic (exact) mass is 233 g/mol. The Labute approximate surface area is 102 Å². The van der Waals surface area contributed by atoms with E-state index >= 15 is 0 Å². The Morgan fingerprint density at radius 1 is 1.29 bits per heavy atom. The number of hydrogen-bond donors (Lipinski definition) is 1. The largest absolute Gasteiger partial charge is 0.456 e. The van der Waals surface area contributed by atoms with Gasteiger partial charge in [-0.1, -0.05) is 43.2 Å². The molecule has 0 bridgehead atoms. The van der Waals surface area contributed by atoms with Crippen LogP contribution in [-0.4, -0.2) is 11.5 Å². The summed E-state index contributed by atoms with van der Waals surface area (Å²) in [4.78, 5) is 12.0. The summed E-state index contributed by atoms with van der Waals surface area (Å²) in [6.07, 6.45) is 3.29. The first-order valence-electron chi connectivity index (χ1n) is 6.17. The molecule has 17 heavy (non-hydrogen) atoms. The van der Waals surface area contributed by atoms with Crippen LogP contribution in [0.25, 0.3) is 0 Å². The van der Waals surface area contributed by atoms with Crippen molar-refractivity contribution in [3.8, 4) is 0 Å². The van der Waals surface area contributed by atoms with Crippen LogP contribution in [0.3, 0.4) is 0 Å². The highest BCUT2D eigenvalue weighted by Crippen LogP contribution is 2.30. The maximum Gasteiger partial charge on any atom is 0.326 e. The van der Waals surface area contributed by atoms with Gasteiger partial charge in [0.15, 0.2) is 0 Å². The predicted molar refractivity (Wildman–Crippen MR) is 66.3 cm³/mol. The van der Waals surface area contributed by atoms with Gasteiger partial charge in [-0.15, -0.1) is 0 Å². The molecule has 1 aromatic carbocycles. The van der Waals surface area contributed by atoms with E-state index in [4.69, 9.17) is 10.5 Å². The van der Waals surface area contributed by atoms with Crippen LogP contribution in [0.5, 0.6) is 0 Å².